The van der Waals surface area contributed by atoms with Crippen LogP contribution >= 0.6 is 11.8 Å². The summed E-state index contributed by atoms with van der Waals surface area (Å²) in [6, 6.07) is 12.5. The maximum atomic E-state index is 13.9. The lowest BCUT2D eigenvalue weighted by molar-refractivity contribution is -0.125. The Kier molecular flexibility index (Phi) is 8.24. The standard InChI is InChI=1S/C23H24FN3O5S2/c1-15(2)20(26-34(31,32)17-9-4-3-5-10-17)21(28)25-12-13-27-22(29)19(33-23(27)30)14-16-8-6-7-11-18(16)24/h3-11,14-15,20,26H,12-13H2,1-2H3,(H,25,28)/t20-/m0/s1. The number of amides is 3. The van der Waals surface area contributed by atoms with E-state index in [0.29, 0.717) is 11.8 Å². The van der Waals surface area contributed by atoms with Crippen LogP contribution in [0, 0.1) is 11.7 Å². The van der Waals surface area contributed by atoms with Crippen LogP contribution in [-0.2, 0) is 19.6 Å². The van der Waals surface area contributed by atoms with Crippen molar-refractivity contribution in [3.8, 4) is 0 Å². The zero-order valence-electron chi connectivity index (χ0n) is 18.5. The molecule has 1 heterocycles. The molecule has 0 aliphatic carbocycles. The minimum atomic E-state index is -3.92. The molecular weight excluding hydrogens is 481 g/mol. The first-order valence-corrected chi connectivity index (χ1v) is 12.7. The van der Waals surface area contributed by atoms with Crippen molar-refractivity contribution in [1.29, 1.82) is 0 Å². The summed E-state index contributed by atoms with van der Waals surface area (Å²) in [5, 5.41) is 2.04. The molecule has 0 bridgehead atoms. The van der Waals surface area contributed by atoms with Crippen molar-refractivity contribution in [2.45, 2.75) is 24.8 Å². The Hall–Kier alpha value is -3.02. The Labute approximate surface area is 201 Å². The Morgan fingerprint density at radius 1 is 1.09 bits per heavy atom. The second kappa shape index (κ2) is 10.9. The molecule has 3 amide bonds. The number of rotatable bonds is 9. The van der Waals surface area contributed by atoms with Crippen molar-refractivity contribution in [3.63, 3.8) is 0 Å². The topological polar surface area (TPSA) is 113 Å². The van der Waals surface area contributed by atoms with Crippen molar-refractivity contribution in [2.75, 3.05) is 13.1 Å². The fraction of sp³-hybridized carbons (Fsp3) is 0.261. The van der Waals surface area contributed by atoms with E-state index in [1.807, 2.05) is 0 Å². The van der Waals surface area contributed by atoms with Crippen LogP contribution in [-0.4, -0.2) is 49.5 Å². The molecule has 8 nitrogen and oxygen atoms in total. The number of carbonyl (C=O) groups excluding carboxylic acids is 3. The van der Waals surface area contributed by atoms with E-state index >= 15 is 0 Å². The van der Waals surface area contributed by atoms with Crippen LogP contribution in [0.25, 0.3) is 6.08 Å². The molecule has 1 aliphatic rings. The van der Waals surface area contributed by atoms with Crippen LogP contribution in [0.4, 0.5) is 9.18 Å². The van der Waals surface area contributed by atoms with E-state index in [4.69, 9.17) is 0 Å². The van der Waals surface area contributed by atoms with Gasteiger partial charge in [0.2, 0.25) is 15.9 Å². The number of hydrogen-bond donors (Lipinski definition) is 2. The molecule has 3 rings (SSSR count). The third-order valence-corrected chi connectivity index (χ3v) is 7.35. The van der Waals surface area contributed by atoms with Gasteiger partial charge in [-0.15, -0.1) is 0 Å². The highest BCUT2D eigenvalue weighted by Crippen LogP contribution is 2.32. The number of halogens is 1. The van der Waals surface area contributed by atoms with E-state index < -0.39 is 38.9 Å². The lowest BCUT2D eigenvalue weighted by Gasteiger charge is -2.22. The van der Waals surface area contributed by atoms with Gasteiger partial charge in [-0.25, -0.2) is 12.8 Å². The summed E-state index contributed by atoms with van der Waals surface area (Å²) < 4.78 is 41.5. The molecule has 2 aromatic carbocycles. The fourth-order valence-electron chi connectivity index (χ4n) is 3.15. The van der Waals surface area contributed by atoms with Gasteiger partial charge in [0.15, 0.2) is 0 Å². The number of thioether (sulfide) groups is 1. The molecule has 0 unspecified atom stereocenters. The van der Waals surface area contributed by atoms with E-state index in [9.17, 15) is 27.2 Å². The second-order valence-electron chi connectivity index (χ2n) is 7.80. The summed E-state index contributed by atoms with van der Waals surface area (Å²) in [4.78, 5) is 38.6. The maximum absolute atomic E-state index is 13.9. The van der Waals surface area contributed by atoms with Gasteiger partial charge in [0.25, 0.3) is 11.1 Å². The van der Waals surface area contributed by atoms with E-state index in [0.717, 1.165) is 4.90 Å². The molecule has 2 N–H and O–H groups in total. The molecule has 0 spiro atoms. The Balaban J connectivity index is 1.61. The van der Waals surface area contributed by atoms with E-state index in [1.54, 1.807) is 38.1 Å². The largest absolute Gasteiger partial charge is 0.353 e. The Morgan fingerprint density at radius 2 is 1.74 bits per heavy atom. The molecule has 1 fully saturated rings. The second-order valence-corrected chi connectivity index (χ2v) is 10.5. The summed E-state index contributed by atoms with van der Waals surface area (Å²) in [5.41, 5.74) is 0.187. The highest BCUT2D eigenvalue weighted by Gasteiger charge is 2.35. The summed E-state index contributed by atoms with van der Waals surface area (Å²) >= 11 is 0.688. The average molecular weight is 506 g/mol. The predicted octanol–water partition coefficient (Wildman–Crippen LogP) is 2.98. The van der Waals surface area contributed by atoms with Crippen molar-refractivity contribution >= 4 is 44.9 Å². The molecular formula is C23H24FN3O5S2. The number of carbonyl (C=O) groups is 3. The molecule has 34 heavy (non-hydrogen) atoms. The van der Waals surface area contributed by atoms with Gasteiger partial charge in [0, 0.05) is 18.7 Å². The minimum Gasteiger partial charge on any atom is -0.353 e. The number of nitrogens with one attached hydrogen (secondary N) is 2. The van der Waals surface area contributed by atoms with Crippen LogP contribution in [0.3, 0.4) is 0 Å². The Morgan fingerprint density at radius 3 is 2.38 bits per heavy atom. The first-order chi connectivity index (χ1) is 16.1. The number of benzene rings is 2. The smallest absolute Gasteiger partial charge is 0.293 e. The van der Waals surface area contributed by atoms with Gasteiger partial charge in [-0.1, -0.05) is 50.2 Å². The molecule has 0 saturated carbocycles. The van der Waals surface area contributed by atoms with Crippen molar-refractivity contribution in [2.24, 2.45) is 5.92 Å². The van der Waals surface area contributed by atoms with Gasteiger partial charge in [0.05, 0.1) is 9.80 Å². The highest BCUT2D eigenvalue weighted by atomic mass is 32.2. The molecule has 0 aromatic heterocycles. The van der Waals surface area contributed by atoms with Gasteiger partial charge in [-0.05, 0) is 42.0 Å². The van der Waals surface area contributed by atoms with Crippen LogP contribution in [0.5, 0.6) is 0 Å². The number of imide groups is 1. The fourth-order valence-corrected chi connectivity index (χ4v) is 5.38. The molecule has 11 heteroatoms. The third kappa shape index (κ3) is 6.10. The SMILES string of the molecule is CC(C)[C@H](NS(=O)(=O)c1ccccc1)C(=O)NCCN1C(=O)SC(=Cc2ccccc2F)C1=O. The van der Waals surface area contributed by atoms with E-state index in [2.05, 4.69) is 10.0 Å². The molecule has 0 radical (unpaired) electrons. The quantitative estimate of drug-likeness (QED) is 0.507. The monoisotopic (exact) mass is 505 g/mol. The predicted molar refractivity (Wildman–Crippen MR) is 127 cm³/mol. The zero-order valence-corrected chi connectivity index (χ0v) is 20.2. The lowest BCUT2D eigenvalue weighted by atomic mass is 10.1. The van der Waals surface area contributed by atoms with Gasteiger partial charge >= 0.3 is 0 Å². The summed E-state index contributed by atoms with van der Waals surface area (Å²) in [6.45, 7) is 3.21. The molecule has 180 valence electrons. The molecule has 1 saturated heterocycles. The molecule has 1 aliphatic heterocycles. The van der Waals surface area contributed by atoms with Crippen LogP contribution in [0.2, 0.25) is 0 Å². The lowest BCUT2D eigenvalue weighted by Crippen LogP contribution is -2.50. The van der Waals surface area contributed by atoms with Crippen molar-refractivity contribution in [1.82, 2.24) is 14.9 Å². The number of sulfonamides is 1. The number of nitrogens with zero attached hydrogens (tertiary/aromatic N) is 1. The minimum absolute atomic E-state index is 0.0351. The maximum Gasteiger partial charge on any atom is 0.293 e. The average Bonchev–Trinajstić information content (AvgIpc) is 3.06. The highest BCUT2D eigenvalue weighted by molar-refractivity contribution is 8.18. The summed E-state index contributed by atoms with van der Waals surface area (Å²) in [7, 11) is -3.92. The van der Waals surface area contributed by atoms with Gasteiger partial charge < -0.3 is 5.32 Å². The van der Waals surface area contributed by atoms with Crippen molar-refractivity contribution in [3.05, 3.63) is 70.9 Å². The van der Waals surface area contributed by atoms with E-state index in [-0.39, 0.29) is 34.4 Å². The van der Waals surface area contributed by atoms with Gasteiger partial charge in [0.1, 0.15) is 11.9 Å². The molecule has 2 aromatic rings. The van der Waals surface area contributed by atoms with Gasteiger partial charge in [-0.3, -0.25) is 19.3 Å². The van der Waals surface area contributed by atoms with Crippen LogP contribution in [0.15, 0.2) is 64.4 Å². The Bertz CT molecular complexity index is 1220. The van der Waals surface area contributed by atoms with Crippen molar-refractivity contribution < 1.29 is 27.2 Å². The third-order valence-electron chi connectivity index (χ3n) is 4.98. The first kappa shape index (κ1) is 25.6. The molecule has 1 atom stereocenters. The first-order valence-electron chi connectivity index (χ1n) is 10.4. The number of hydrogen-bond acceptors (Lipinski definition) is 6. The normalized spacial score (nSPS) is 16.4. The van der Waals surface area contributed by atoms with E-state index in [1.165, 1.54) is 36.4 Å². The zero-order chi connectivity index (χ0) is 24.9. The van der Waals surface area contributed by atoms with Crippen LogP contribution < -0.4 is 10.0 Å². The summed E-state index contributed by atoms with van der Waals surface area (Å²) in [5.74, 6) is -2.04. The van der Waals surface area contributed by atoms with Gasteiger partial charge in [-0.2, -0.15) is 4.72 Å². The van der Waals surface area contributed by atoms with Crippen LogP contribution in [0.1, 0.15) is 19.4 Å². The summed E-state index contributed by atoms with van der Waals surface area (Å²) in [6.07, 6.45) is 1.31.